The zero-order valence-electron chi connectivity index (χ0n) is 9.72. The summed E-state index contributed by atoms with van der Waals surface area (Å²) in [6.07, 6.45) is 1.37. The smallest absolute Gasteiger partial charge is 0.276 e. The van der Waals surface area contributed by atoms with Crippen LogP contribution in [0.25, 0.3) is 0 Å². The number of hydrogen-bond acceptors (Lipinski definition) is 5. The molecule has 2 rings (SSSR count). The maximum atomic E-state index is 11.9. The van der Waals surface area contributed by atoms with E-state index in [4.69, 9.17) is 27.9 Å². The molecule has 0 saturated heterocycles. The van der Waals surface area contributed by atoms with Gasteiger partial charge in [0.2, 0.25) is 11.8 Å². The number of aromatic nitrogens is 3. The Bertz CT molecular complexity index is 604. The summed E-state index contributed by atoms with van der Waals surface area (Å²) in [7, 11) is 1.44. The van der Waals surface area contributed by atoms with E-state index < -0.39 is 5.91 Å². The van der Waals surface area contributed by atoms with Gasteiger partial charge in [-0.15, -0.1) is 0 Å². The van der Waals surface area contributed by atoms with E-state index in [0.717, 1.165) is 0 Å². The molecule has 0 atom stereocenters. The second-order valence-corrected chi connectivity index (χ2v) is 4.20. The van der Waals surface area contributed by atoms with Gasteiger partial charge < -0.3 is 4.74 Å². The van der Waals surface area contributed by atoms with Crippen molar-refractivity contribution in [2.24, 2.45) is 0 Å². The minimum Gasteiger partial charge on any atom is -0.481 e. The fourth-order valence-corrected chi connectivity index (χ4v) is 1.52. The number of rotatable bonds is 3. The van der Waals surface area contributed by atoms with Crippen LogP contribution >= 0.6 is 23.2 Å². The predicted octanol–water partition coefficient (Wildman–Crippen LogP) is 2.44. The third-order valence-electron chi connectivity index (χ3n) is 2.07. The van der Waals surface area contributed by atoms with Crippen LogP contribution in [0.2, 0.25) is 10.2 Å². The van der Waals surface area contributed by atoms with Crippen molar-refractivity contribution in [2.45, 2.75) is 0 Å². The van der Waals surface area contributed by atoms with E-state index in [1.807, 2.05) is 0 Å². The van der Waals surface area contributed by atoms with Crippen LogP contribution in [-0.2, 0) is 0 Å². The maximum absolute atomic E-state index is 11.9. The standard InChI is InChI=1S/C11H8Cl2N4O2/c1-19-9-4-8(13)15-11(16-9)17-10(18)7-3-2-6(12)5-14-7/h2-5H,1H3,(H,15,16,17,18). The lowest BCUT2D eigenvalue weighted by molar-refractivity contribution is 0.102. The van der Waals surface area contributed by atoms with Crippen LogP contribution in [0.5, 0.6) is 5.88 Å². The maximum Gasteiger partial charge on any atom is 0.276 e. The summed E-state index contributed by atoms with van der Waals surface area (Å²) >= 11 is 11.4. The number of ether oxygens (including phenoxy) is 1. The number of hydrogen-bond donors (Lipinski definition) is 1. The van der Waals surface area contributed by atoms with Gasteiger partial charge in [0.05, 0.1) is 12.1 Å². The van der Waals surface area contributed by atoms with Gasteiger partial charge in [-0.1, -0.05) is 23.2 Å². The highest BCUT2D eigenvalue weighted by atomic mass is 35.5. The number of nitrogens with zero attached hydrogens (tertiary/aromatic N) is 3. The molecule has 0 saturated carbocycles. The van der Waals surface area contributed by atoms with Crippen molar-refractivity contribution >= 4 is 35.1 Å². The lowest BCUT2D eigenvalue weighted by atomic mass is 10.3. The van der Waals surface area contributed by atoms with Crippen LogP contribution < -0.4 is 10.1 Å². The second-order valence-electron chi connectivity index (χ2n) is 3.37. The fourth-order valence-electron chi connectivity index (χ4n) is 1.23. The first kappa shape index (κ1) is 13.5. The van der Waals surface area contributed by atoms with Gasteiger partial charge in [-0.05, 0) is 12.1 Å². The molecule has 0 aliphatic rings. The molecule has 6 nitrogen and oxygen atoms in total. The number of anilines is 1. The Labute approximate surface area is 118 Å². The summed E-state index contributed by atoms with van der Waals surface area (Å²) < 4.78 is 4.92. The van der Waals surface area contributed by atoms with Crippen LogP contribution in [-0.4, -0.2) is 28.0 Å². The average Bonchev–Trinajstić information content (AvgIpc) is 2.38. The molecule has 8 heteroatoms. The van der Waals surface area contributed by atoms with E-state index in [1.54, 1.807) is 6.07 Å². The van der Waals surface area contributed by atoms with E-state index in [9.17, 15) is 4.79 Å². The van der Waals surface area contributed by atoms with Crippen molar-refractivity contribution in [3.05, 3.63) is 40.3 Å². The van der Waals surface area contributed by atoms with Gasteiger partial charge >= 0.3 is 0 Å². The predicted molar refractivity (Wildman–Crippen MR) is 70.8 cm³/mol. The molecule has 0 fully saturated rings. The minimum absolute atomic E-state index is 0.0334. The molecule has 98 valence electrons. The average molecular weight is 299 g/mol. The molecule has 0 spiro atoms. The number of amides is 1. The summed E-state index contributed by atoms with van der Waals surface area (Å²) in [5, 5.41) is 3.06. The Morgan fingerprint density at radius 1 is 1.32 bits per heavy atom. The molecule has 0 aliphatic heterocycles. The molecule has 0 unspecified atom stereocenters. The van der Waals surface area contributed by atoms with Crippen molar-refractivity contribution in [3.63, 3.8) is 0 Å². The first-order valence-electron chi connectivity index (χ1n) is 5.10. The number of nitrogens with one attached hydrogen (secondary N) is 1. The number of halogens is 2. The van der Waals surface area contributed by atoms with Gasteiger partial charge in [0.25, 0.3) is 5.91 Å². The zero-order valence-corrected chi connectivity index (χ0v) is 11.2. The van der Waals surface area contributed by atoms with Gasteiger partial charge in [-0.2, -0.15) is 4.98 Å². The van der Waals surface area contributed by atoms with Crippen LogP contribution in [0.3, 0.4) is 0 Å². The quantitative estimate of drug-likeness (QED) is 0.881. The Balaban J connectivity index is 2.18. The molecule has 1 amide bonds. The van der Waals surface area contributed by atoms with Crippen molar-refractivity contribution in [3.8, 4) is 5.88 Å². The highest BCUT2D eigenvalue weighted by Gasteiger charge is 2.11. The summed E-state index contributed by atoms with van der Waals surface area (Å²) in [5.41, 5.74) is 0.187. The van der Waals surface area contributed by atoms with E-state index in [1.165, 1.54) is 25.4 Å². The fraction of sp³-hybridized carbons (Fsp3) is 0.0909. The lowest BCUT2D eigenvalue weighted by Crippen LogP contribution is -2.15. The number of carbonyl (C=O) groups excluding carboxylic acids is 1. The van der Waals surface area contributed by atoms with Crippen molar-refractivity contribution in [1.29, 1.82) is 0 Å². The molecular formula is C11H8Cl2N4O2. The highest BCUT2D eigenvalue weighted by molar-refractivity contribution is 6.30. The topological polar surface area (TPSA) is 77.0 Å². The Morgan fingerprint density at radius 3 is 2.74 bits per heavy atom. The molecular weight excluding hydrogens is 291 g/mol. The SMILES string of the molecule is COc1cc(Cl)nc(NC(=O)c2ccc(Cl)cn2)n1. The lowest BCUT2D eigenvalue weighted by Gasteiger charge is -2.05. The van der Waals surface area contributed by atoms with Gasteiger partial charge in [-0.25, -0.2) is 9.97 Å². The summed E-state index contributed by atoms with van der Waals surface area (Å²) in [6.45, 7) is 0. The molecule has 2 aromatic rings. The largest absolute Gasteiger partial charge is 0.481 e. The second kappa shape index (κ2) is 5.81. The first-order valence-corrected chi connectivity index (χ1v) is 5.85. The Morgan fingerprint density at radius 2 is 2.11 bits per heavy atom. The molecule has 1 N–H and O–H groups in total. The molecule has 0 aliphatic carbocycles. The number of pyridine rings is 1. The third-order valence-corrected chi connectivity index (χ3v) is 2.48. The van der Waals surface area contributed by atoms with Crippen LogP contribution in [0, 0.1) is 0 Å². The van der Waals surface area contributed by atoms with Crippen molar-refractivity contribution in [2.75, 3.05) is 12.4 Å². The monoisotopic (exact) mass is 298 g/mol. The van der Waals surface area contributed by atoms with Crippen molar-refractivity contribution in [1.82, 2.24) is 15.0 Å². The molecule has 0 aromatic carbocycles. The molecule has 19 heavy (non-hydrogen) atoms. The minimum atomic E-state index is -0.471. The van der Waals surface area contributed by atoms with Crippen LogP contribution in [0.4, 0.5) is 5.95 Å². The van der Waals surface area contributed by atoms with Crippen LogP contribution in [0.15, 0.2) is 24.4 Å². The van der Waals surface area contributed by atoms with Crippen LogP contribution in [0.1, 0.15) is 10.5 Å². The number of methoxy groups -OCH3 is 1. The van der Waals surface area contributed by atoms with E-state index >= 15 is 0 Å². The van der Waals surface area contributed by atoms with Crippen molar-refractivity contribution < 1.29 is 9.53 Å². The molecule has 2 heterocycles. The zero-order chi connectivity index (χ0) is 13.8. The summed E-state index contributed by atoms with van der Waals surface area (Å²) in [5.74, 6) is -0.188. The Hall–Kier alpha value is -1.92. The highest BCUT2D eigenvalue weighted by Crippen LogP contribution is 2.16. The summed E-state index contributed by atoms with van der Waals surface area (Å²) in [6, 6.07) is 4.47. The Kier molecular flexibility index (Phi) is 4.13. The normalized spacial score (nSPS) is 10.1. The molecule has 0 radical (unpaired) electrons. The van der Waals surface area contributed by atoms with Gasteiger partial charge in [0.1, 0.15) is 10.8 Å². The van der Waals surface area contributed by atoms with Gasteiger partial charge in [-0.3, -0.25) is 10.1 Å². The van der Waals surface area contributed by atoms with Gasteiger partial charge in [0, 0.05) is 12.3 Å². The first-order chi connectivity index (χ1) is 9.08. The molecule has 0 bridgehead atoms. The van der Waals surface area contributed by atoms with E-state index in [-0.39, 0.29) is 22.7 Å². The molecule has 2 aromatic heterocycles. The number of carbonyl (C=O) groups is 1. The van der Waals surface area contributed by atoms with E-state index in [2.05, 4.69) is 20.3 Å². The van der Waals surface area contributed by atoms with E-state index in [0.29, 0.717) is 5.02 Å². The van der Waals surface area contributed by atoms with Gasteiger partial charge in [0.15, 0.2) is 0 Å². The third kappa shape index (κ3) is 3.52. The summed E-state index contributed by atoms with van der Waals surface area (Å²) in [4.78, 5) is 23.5.